The maximum atomic E-state index is 13.0. The van der Waals surface area contributed by atoms with Crippen LogP contribution in [0.2, 0.25) is 0 Å². The number of carboxylic acid groups (broad SMARTS) is 1. The molecule has 1 aromatic heterocycles. The molecule has 2 heterocycles. The van der Waals surface area contributed by atoms with Crippen LogP contribution < -0.4 is 4.90 Å². The minimum atomic E-state index is -1.09. The average molecular weight is 322 g/mol. The smallest absolute Gasteiger partial charge is 0.354 e. The molecule has 122 valence electrons. The van der Waals surface area contributed by atoms with E-state index in [1.165, 1.54) is 30.7 Å². The van der Waals surface area contributed by atoms with Gasteiger partial charge in [-0.25, -0.2) is 9.78 Å². The summed E-state index contributed by atoms with van der Waals surface area (Å²) in [5, 5.41) is 8.94. The molecule has 1 N–H and O–H groups in total. The fourth-order valence-corrected chi connectivity index (χ4v) is 4.09. The van der Waals surface area contributed by atoms with Crippen LogP contribution in [-0.2, 0) is 5.41 Å². The number of aromatic nitrogens is 1. The molecule has 0 unspecified atom stereocenters. The number of amides is 1. The van der Waals surface area contributed by atoms with E-state index in [9.17, 15) is 9.59 Å². The van der Waals surface area contributed by atoms with Gasteiger partial charge in [0.2, 0.25) is 0 Å². The SMILES string of the molecule is O=C(O)c1ccc(C(=O)N2CC3(CCCC3)c3ccccc32)cn1. The van der Waals surface area contributed by atoms with Gasteiger partial charge in [0, 0.05) is 23.8 Å². The van der Waals surface area contributed by atoms with Crippen LogP contribution in [0.4, 0.5) is 5.69 Å². The zero-order valence-corrected chi connectivity index (χ0v) is 13.2. The molecule has 1 spiro atoms. The maximum absolute atomic E-state index is 13.0. The molecule has 4 rings (SSSR count). The molecule has 0 atom stereocenters. The number of anilines is 1. The second-order valence-corrected chi connectivity index (χ2v) is 6.63. The minimum absolute atomic E-state index is 0.0550. The molecular weight excluding hydrogens is 304 g/mol. The average Bonchev–Trinajstić information content (AvgIpc) is 3.21. The van der Waals surface area contributed by atoms with Gasteiger partial charge < -0.3 is 10.0 Å². The predicted octanol–water partition coefficient (Wildman–Crippen LogP) is 3.25. The van der Waals surface area contributed by atoms with E-state index in [1.807, 2.05) is 23.1 Å². The second-order valence-electron chi connectivity index (χ2n) is 6.63. The van der Waals surface area contributed by atoms with Gasteiger partial charge in [-0.3, -0.25) is 4.79 Å². The Hall–Kier alpha value is -2.69. The van der Waals surface area contributed by atoms with Crippen molar-refractivity contribution in [1.82, 2.24) is 4.98 Å². The van der Waals surface area contributed by atoms with Gasteiger partial charge in [-0.1, -0.05) is 31.0 Å². The maximum Gasteiger partial charge on any atom is 0.354 e. The van der Waals surface area contributed by atoms with Gasteiger partial charge in [0.05, 0.1) is 5.56 Å². The molecule has 1 amide bonds. The molecule has 1 aromatic carbocycles. The Morgan fingerprint density at radius 2 is 1.83 bits per heavy atom. The van der Waals surface area contributed by atoms with Crippen molar-refractivity contribution < 1.29 is 14.7 Å². The van der Waals surface area contributed by atoms with Gasteiger partial charge in [-0.15, -0.1) is 0 Å². The van der Waals surface area contributed by atoms with Crippen LogP contribution in [0.25, 0.3) is 0 Å². The second kappa shape index (κ2) is 5.44. The lowest BCUT2D eigenvalue weighted by Crippen LogP contribution is -2.35. The topological polar surface area (TPSA) is 70.5 Å². The number of para-hydroxylation sites is 1. The summed E-state index contributed by atoms with van der Waals surface area (Å²) in [7, 11) is 0. The number of carbonyl (C=O) groups excluding carboxylic acids is 1. The molecule has 0 saturated heterocycles. The number of carbonyl (C=O) groups is 2. The Labute approximate surface area is 139 Å². The summed E-state index contributed by atoms with van der Waals surface area (Å²) in [6.07, 6.45) is 5.98. The predicted molar refractivity (Wildman–Crippen MR) is 89.5 cm³/mol. The van der Waals surface area contributed by atoms with Crippen molar-refractivity contribution in [3.05, 3.63) is 59.4 Å². The van der Waals surface area contributed by atoms with Crippen LogP contribution in [0.1, 0.15) is 52.1 Å². The lowest BCUT2D eigenvalue weighted by Gasteiger charge is -2.24. The Morgan fingerprint density at radius 1 is 1.08 bits per heavy atom. The highest BCUT2D eigenvalue weighted by Gasteiger charge is 2.46. The third-order valence-corrected chi connectivity index (χ3v) is 5.26. The number of aromatic carboxylic acids is 1. The summed E-state index contributed by atoms with van der Waals surface area (Å²) in [6.45, 7) is 0.700. The van der Waals surface area contributed by atoms with Crippen LogP contribution in [0.15, 0.2) is 42.6 Å². The van der Waals surface area contributed by atoms with Crippen LogP contribution in [-0.4, -0.2) is 28.5 Å². The van der Waals surface area contributed by atoms with E-state index < -0.39 is 5.97 Å². The van der Waals surface area contributed by atoms with Crippen molar-refractivity contribution in [3.63, 3.8) is 0 Å². The van der Waals surface area contributed by atoms with E-state index >= 15 is 0 Å². The van der Waals surface area contributed by atoms with Crippen molar-refractivity contribution in [2.45, 2.75) is 31.1 Å². The first-order chi connectivity index (χ1) is 11.6. The molecule has 24 heavy (non-hydrogen) atoms. The Kier molecular flexibility index (Phi) is 3.37. The monoisotopic (exact) mass is 322 g/mol. The molecule has 0 bridgehead atoms. The van der Waals surface area contributed by atoms with E-state index in [2.05, 4.69) is 11.1 Å². The van der Waals surface area contributed by atoms with Gasteiger partial charge in [-0.2, -0.15) is 0 Å². The van der Waals surface area contributed by atoms with Gasteiger partial charge in [-0.05, 0) is 36.6 Å². The molecule has 1 aliphatic carbocycles. The number of hydrogen-bond donors (Lipinski definition) is 1. The molecule has 0 radical (unpaired) electrons. The van der Waals surface area contributed by atoms with E-state index in [0.29, 0.717) is 12.1 Å². The molecule has 1 aliphatic heterocycles. The highest BCUT2D eigenvalue weighted by atomic mass is 16.4. The van der Waals surface area contributed by atoms with Crippen molar-refractivity contribution in [2.75, 3.05) is 11.4 Å². The zero-order chi connectivity index (χ0) is 16.7. The Morgan fingerprint density at radius 3 is 2.50 bits per heavy atom. The number of pyridine rings is 1. The number of benzene rings is 1. The molecule has 5 heteroatoms. The lowest BCUT2D eigenvalue weighted by atomic mass is 9.81. The number of hydrogen-bond acceptors (Lipinski definition) is 3. The third kappa shape index (κ3) is 2.19. The normalized spacial score (nSPS) is 17.9. The summed E-state index contributed by atoms with van der Waals surface area (Å²) in [5.41, 5.74) is 2.70. The molecule has 1 fully saturated rings. The highest BCUT2D eigenvalue weighted by molar-refractivity contribution is 6.07. The largest absolute Gasteiger partial charge is 0.477 e. The van der Waals surface area contributed by atoms with Gasteiger partial charge in [0.15, 0.2) is 0 Å². The lowest BCUT2D eigenvalue weighted by molar-refractivity contribution is 0.0690. The number of nitrogens with zero attached hydrogens (tertiary/aromatic N) is 2. The summed E-state index contributed by atoms with van der Waals surface area (Å²) < 4.78 is 0. The highest BCUT2D eigenvalue weighted by Crippen LogP contribution is 2.50. The van der Waals surface area contributed by atoms with Crippen molar-refractivity contribution in [1.29, 1.82) is 0 Å². The van der Waals surface area contributed by atoms with Crippen molar-refractivity contribution in [3.8, 4) is 0 Å². The summed E-state index contributed by atoms with van der Waals surface area (Å²) >= 11 is 0. The van der Waals surface area contributed by atoms with Gasteiger partial charge in [0.25, 0.3) is 5.91 Å². The minimum Gasteiger partial charge on any atom is -0.477 e. The van der Waals surface area contributed by atoms with Crippen LogP contribution in [0.3, 0.4) is 0 Å². The first kappa shape index (κ1) is 14.9. The van der Waals surface area contributed by atoms with E-state index in [0.717, 1.165) is 18.5 Å². The number of fused-ring (bicyclic) bond motifs is 2. The van der Waals surface area contributed by atoms with Crippen LogP contribution in [0.5, 0.6) is 0 Å². The van der Waals surface area contributed by atoms with E-state index in [4.69, 9.17) is 5.11 Å². The van der Waals surface area contributed by atoms with E-state index in [1.54, 1.807) is 6.07 Å². The summed E-state index contributed by atoms with van der Waals surface area (Å²) in [4.78, 5) is 29.6. The number of rotatable bonds is 2. The fourth-order valence-electron chi connectivity index (χ4n) is 4.09. The van der Waals surface area contributed by atoms with Crippen LogP contribution in [0, 0.1) is 0 Å². The zero-order valence-electron chi connectivity index (χ0n) is 13.2. The first-order valence-electron chi connectivity index (χ1n) is 8.21. The van der Waals surface area contributed by atoms with E-state index in [-0.39, 0.29) is 17.0 Å². The Bertz CT molecular complexity index is 808. The number of carboxylic acids is 1. The third-order valence-electron chi connectivity index (χ3n) is 5.26. The summed E-state index contributed by atoms with van der Waals surface area (Å²) in [6, 6.07) is 11.1. The molecule has 1 saturated carbocycles. The van der Waals surface area contributed by atoms with Crippen LogP contribution >= 0.6 is 0 Å². The van der Waals surface area contributed by atoms with Gasteiger partial charge in [0.1, 0.15) is 5.69 Å². The van der Waals surface area contributed by atoms with Crippen molar-refractivity contribution >= 4 is 17.6 Å². The standard InChI is InChI=1S/C19H18N2O3/c22-17(13-7-8-15(18(23)24)20-11-13)21-12-19(9-3-4-10-19)14-5-1-2-6-16(14)21/h1-2,5-8,11H,3-4,9-10,12H2,(H,23,24). The molecule has 5 nitrogen and oxygen atoms in total. The first-order valence-corrected chi connectivity index (χ1v) is 8.21. The summed E-state index contributed by atoms with van der Waals surface area (Å²) in [5.74, 6) is -1.21. The molecular formula is C19H18N2O3. The fraction of sp³-hybridized carbons (Fsp3) is 0.316. The Balaban J connectivity index is 1.69. The van der Waals surface area contributed by atoms with Crippen molar-refractivity contribution in [2.24, 2.45) is 0 Å². The molecule has 2 aliphatic rings. The van der Waals surface area contributed by atoms with Gasteiger partial charge >= 0.3 is 5.97 Å². The molecule has 2 aromatic rings. The quantitative estimate of drug-likeness (QED) is 0.921.